The fourth-order valence-electron chi connectivity index (χ4n) is 6.42. The molecule has 0 spiro atoms. The molecule has 0 aliphatic heterocycles. The molecule has 2 heteroatoms. The van der Waals surface area contributed by atoms with Gasteiger partial charge in [-0.05, 0) is 91.4 Å². The summed E-state index contributed by atoms with van der Waals surface area (Å²) < 4.78 is 0. The molecule has 0 heterocycles. The molecule has 1 aromatic carbocycles. The standard InChI is InChI=1S/C22H30O2/c1-13-16(14(2)21(23)24)9-10-17-18-8-7-15-6-4-5-11-22(15,3)20(18)12-19(13)17/h9-10,14-15,18,20H,4-8,11-12H2,1-3H3,(H,23,24)/t14-,15?,18?,20?,22-/m0/s1. The van der Waals surface area contributed by atoms with Crippen molar-refractivity contribution in [2.75, 3.05) is 0 Å². The van der Waals surface area contributed by atoms with Gasteiger partial charge in [0.05, 0.1) is 5.92 Å². The summed E-state index contributed by atoms with van der Waals surface area (Å²) in [6, 6.07) is 4.37. The van der Waals surface area contributed by atoms with Crippen molar-refractivity contribution in [3.8, 4) is 0 Å². The van der Waals surface area contributed by atoms with Crippen molar-refractivity contribution in [2.24, 2.45) is 17.3 Å². The lowest BCUT2D eigenvalue weighted by Gasteiger charge is -2.52. The zero-order chi connectivity index (χ0) is 17.1. The molecule has 1 aromatic rings. The van der Waals surface area contributed by atoms with E-state index in [0.29, 0.717) is 11.3 Å². The summed E-state index contributed by atoms with van der Waals surface area (Å²) in [7, 11) is 0. The number of aliphatic carboxylic acids is 1. The number of benzene rings is 1. The molecule has 2 saturated carbocycles. The van der Waals surface area contributed by atoms with E-state index < -0.39 is 11.9 Å². The second kappa shape index (κ2) is 5.61. The Kier molecular flexibility index (Phi) is 3.78. The number of carboxylic acids is 1. The van der Waals surface area contributed by atoms with Gasteiger partial charge in [0.15, 0.2) is 0 Å². The topological polar surface area (TPSA) is 37.3 Å². The van der Waals surface area contributed by atoms with Crippen molar-refractivity contribution in [1.29, 1.82) is 0 Å². The first-order valence-corrected chi connectivity index (χ1v) is 9.78. The van der Waals surface area contributed by atoms with Gasteiger partial charge in [-0.2, -0.15) is 0 Å². The minimum Gasteiger partial charge on any atom is -0.481 e. The van der Waals surface area contributed by atoms with Gasteiger partial charge in [-0.3, -0.25) is 4.79 Å². The average molecular weight is 326 g/mol. The van der Waals surface area contributed by atoms with Crippen molar-refractivity contribution in [3.05, 3.63) is 34.4 Å². The van der Waals surface area contributed by atoms with E-state index in [2.05, 4.69) is 26.0 Å². The molecule has 4 rings (SSSR count). The number of carbonyl (C=O) groups is 1. The van der Waals surface area contributed by atoms with Crippen LogP contribution in [0.2, 0.25) is 0 Å². The monoisotopic (exact) mass is 326 g/mol. The molecule has 2 fully saturated rings. The first kappa shape index (κ1) is 16.2. The maximum Gasteiger partial charge on any atom is 0.310 e. The van der Waals surface area contributed by atoms with E-state index >= 15 is 0 Å². The molecular formula is C22H30O2. The molecule has 0 aromatic heterocycles. The van der Waals surface area contributed by atoms with Crippen LogP contribution in [0.15, 0.2) is 12.1 Å². The number of hydrogen-bond acceptors (Lipinski definition) is 1. The third kappa shape index (κ3) is 2.18. The van der Waals surface area contributed by atoms with Crippen LogP contribution in [-0.2, 0) is 11.2 Å². The van der Waals surface area contributed by atoms with E-state index in [-0.39, 0.29) is 0 Å². The van der Waals surface area contributed by atoms with Gasteiger partial charge in [0.2, 0.25) is 0 Å². The Morgan fingerprint density at radius 1 is 1.25 bits per heavy atom. The predicted molar refractivity (Wildman–Crippen MR) is 96.5 cm³/mol. The third-order valence-corrected chi connectivity index (χ3v) is 7.95. The lowest BCUT2D eigenvalue weighted by atomic mass is 9.53. The zero-order valence-corrected chi connectivity index (χ0v) is 15.3. The number of rotatable bonds is 2. The van der Waals surface area contributed by atoms with E-state index in [1.54, 1.807) is 5.56 Å². The SMILES string of the molecule is Cc1c([C@H](C)C(=O)O)ccc2c1CC1C2CCC2CCCC[C@@]21C. The Balaban J connectivity index is 1.73. The lowest BCUT2D eigenvalue weighted by Crippen LogP contribution is -2.43. The molecular weight excluding hydrogens is 296 g/mol. The van der Waals surface area contributed by atoms with Crippen LogP contribution < -0.4 is 0 Å². The van der Waals surface area contributed by atoms with Crippen LogP contribution in [0.3, 0.4) is 0 Å². The molecule has 1 N–H and O–H groups in total. The van der Waals surface area contributed by atoms with E-state index in [1.165, 1.54) is 56.1 Å². The molecule has 3 unspecified atom stereocenters. The highest BCUT2D eigenvalue weighted by molar-refractivity contribution is 5.76. The Labute approximate surface area is 145 Å². The van der Waals surface area contributed by atoms with Crippen LogP contribution in [0, 0.1) is 24.2 Å². The largest absolute Gasteiger partial charge is 0.481 e. The first-order chi connectivity index (χ1) is 11.4. The van der Waals surface area contributed by atoms with Crippen LogP contribution in [-0.4, -0.2) is 11.1 Å². The lowest BCUT2D eigenvalue weighted by molar-refractivity contribution is -0.138. The van der Waals surface area contributed by atoms with Gasteiger partial charge in [0, 0.05) is 0 Å². The summed E-state index contributed by atoms with van der Waals surface area (Å²) in [4.78, 5) is 11.4. The molecule has 130 valence electrons. The first-order valence-electron chi connectivity index (χ1n) is 9.78. The fraction of sp³-hybridized carbons (Fsp3) is 0.682. The Bertz CT molecular complexity index is 677. The highest BCUT2D eigenvalue weighted by Gasteiger charge is 2.52. The van der Waals surface area contributed by atoms with Crippen LogP contribution >= 0.6 is 0 Å². The quantitative estimate of drug-likeness (QED) is 0.787. The predicted octanol–water partition coefficient (Wildman–Crippen LogP) is 5.43. The van der Waals surface area contributed by atoms with Gasteiger partial charge in [-0.1, -0.05) is 31.9 Å². The molecule has 2 nitrogen and oxygen atoms in total. The average Bonchev–Trinajstić information content (AvgIpc) is 2.95. The molecule has 3 aliphatic rings. The van der Waals surface area contributed by atoms with E-state index in [4.69, 9.17) is 0 Å². The van der Waals surface area contributed by atoms with Gasteiger partial charge in [-0.25, -0.2) is 0 Å². The van der Waals surface area contributed by atoms with Crippen LogP contribution in [0.5, 0.6) is 0 Å². The fourth-order valence-corrected chi connectivity index (χ4v) is 6.42. The van der Waals surface area contributed by atoms with Crippen molar-refractivity contribution >= 4 is 5.97 Å². The summed E-state index contributed by atoms with van der Waals surface area (Å²) >= 11 is 0. The molecule has 0 bridgehead atoms. The second-order valence-corrected chi connectivity index (χ2v) is 8.85. The molecule has 0 amide bonds. The van der Waals surface area contributed by atoms with Crippen LogP contribution in [0.1, 0.15) is 86.5 Å². The van der Waals surface area contributed by atoms with Crippen molar-refractivity contribution in [2.45, 2.75) is 77.6 Å². The highest BCUT2D eigenvalue weighted by Crippen LogP contribution is 2.62. The summed E-state index contributed by atoms with van der Waals surface area (Å²) in [6.07, 6.45) is 9.55. The summed E-state index contributed by atoms with van der Waals surface area (Å²) in [5, 5.41) is 9.41. The molecule has 0 saturated heterocycles. The van der Waals surface area contributed by atoms with Crippen molar-refractivity contribution in [1.82, 2.24) is 0 Å². The maximum absolute atomic E-state index is 11.4. The summed E-state index contributed by atoms with van der Waals surface area (Å²) in [5.41, 5.74) is 5.82. The molecule has 5 atom stereocenters. The van der Waals surface area contributed by atoms with Gasteiger partial charge in [0.25, 0.3) is 0 Å². The minimum absolute atomic E-state index is 0.407. The maximum atomic E-state index is 11.4. The Morgan fingerprint density at radius 2 is 2.04 bits per heavy atom. The van der Waals surface area contributed by atoms with Gasteiger partial charge in [0.1, 0.15) is 0 Å². The van der Waals surface area contributed by atoms with Crippen LogP contribution in [0.4, 0.5) is 0 Å². The molecule has 0 radical (unpaired) electrons. The Hall–Kier alpha value is -1.31. The molecule has 3 aliphatic carbocycles. The third-order valence-electron chi connectivity index (χ3n) is 7.95. The van der Waals surface area contributed by atoms with Crippen molar-refractivity contribution in [3.63, 3.8) is 0 Å². The summed E-state index contributed by atoms with van der Waals surface area (Å²) in [5.74, 6) is 1.29. The summed E-state index contributed by atoms with van der Waals surface area (Å²) in [6.45, 7) is 6.54. The number of carboxylic acid groups (broad SMARTS) is 1. The van der Waals surface area contributed by atoms with E-state index in [0.717, 1.165) is 17.4 Å². The van der Waals surface area contributed by atoms with E-state index in [9.17, 15) is 9.90 Å². The Morgan fingerprint density at radius 3 is 2.79 bits per heavy atom. The number of fused-ring (bicyclic) bond motifs is 5. The smallest absolute Gasteiger partial charge is 0.310 e. The zero-order valence-electron chi connectivity index (χ0n) is 15.3. The van der Waals surface area contributed by atoms with Gasteiger partial charge >= 0.3 is 5.97 Å². The molecule has 24 heavy (non-hydrogen) atoms. The van der Waals surface area contributed by atoms with Gasteiger partial charge < -0.3 is 5.11 Å². The van der Waals surface area contributed by atoms with E-state index in [1.807, 2.05) is 6.92 Å². The minimum atomic E-state index is -0.715. The van der Waals surface area contributed by atoms with Gasteiger partial charge in [-0.15, -0.1) is 0 Å². The van der Waals surface area contributed by atoms with Crippen LogP contribution in [0.25, 0.3) is 0 Å². The normalized spacial score (nSPS) is 35.7. The number of hydrogen-bond donors (Lipinski definition) is 1. The van der Waals surface area contributed by atoms with Crippen molar-refractivity contribution < 1.29 is 9.90 Å². The highest BCUT2D eigenvalue weighted by atomic mass is 16.4. The second-order valence-electron chi connectivity index (χ2n) is 8.85.